The topological polar surface area (TPSA) is 112 Å². The summed E-state index contributed by atoms with van der Waals surface area (Å²) in [6.07, 6.45) is 1.03. The molecule has 0 atom stereocenters. The highest BCUT2D eigenvalue weighted by atomic mass is 16.5. The van der Waals surface area contributed by atoms with Crippen LogP contribution in [0.15, 0.2) is 15.8 Å². The number of H-pyrrole nitrogens is 2. The first-order valence-corrected chi connectivity index (χ1v) is 6.15. The fraction of sp³-hybridized carbons (Fsp3) is 0.500. The van der Waals surface area contributed by atoms with E-state index in [-0.39, 0.29) is 24.8 Å². The van der Waals surface area contributed by atoms with Crippen molar-refractivity contribution in [1.82, 2.24) is 14.9 Å². The number of nitrogens with one attached hydrogen (secondary N) is 2. The van der Waals surface area contributed by atoms with Gasteiger partial charge in [-0.25, -0.2) is 4.79 Å². The van der Waals surface area contributed by atoms with Crippen molar-refractivity contribution < 1.29 is 14.3 Å². The van der Waals surface area contributed by atoms with Crippen LogP contribution in [0.25, 0.3) is 0 Å². The Labute approximate surface area is 114 Å². The van der Waals surface area contributed by atoms with E-state index in [1.165, 1.54) is 4.90 Å². The number of esters is 1. The first kappa shape index (κ1) is 15.7. The van der Waals surface area contributed by atoms with Crippen LogP contribution in [0.2, 0.25) is 0 Å². The number of rotatable bonds is 5. The molecule has 0 aliphatic carbocycles. The summed E-state index contributed by atoms with van der Waals surface area (Å²) in [5, 5.41) is 0. The van der Waals surface area contributed by atoms with Crippen molar-refractivity contribution in [1.29, 1.82) is 0 Å². The zero-order valence-corrected chi connectivity index (χ0v) is 11.6. The largest absolute Gasteiger partial charge is 0.465 e. The molecule has 8 nitrogen and oxygen atoms in total. The van der Waals surface area contributed by atoms with Crippen molar-refractivity contribution >= 4 is 11.9 Å². The molecular formula is C12H17N3O5. The van der Waals surface area contributed by atoms with Crippen molar-refractivity contribution in [3.8, 4) is 0 Å². The van der Waals surface area contributed by atoms with Crippen LogP contribution in [-0.2, 0) is 9.53 Å². The van der Waals surface area contributed by atoms with E-state index < -0.39 is 23.1 Å². The van der Waals surface area contributed by atoms with Crippen LogP contribution >= 0.6 is 0 Å². The lowest BCUT2D eigenvalue weighted by Gasteiger charge is -2.25. The van der Waals surface area contributed by atoms with Gasteiger partial charge in [-0.3, -0.25) is 19.4 Å². The van der Waals surface area contributed by atoms with E-state index in [2.05, 4.69) is 4.98 Å². The molecule has 110 valence electrons. The van der Waals surface area contributed by atoms with Gasteiger partial charge in [0, 0.05) is 12.2 Å². The maximum Gasteiger partial charge on any atom is 0.325 e. The summed E-state index contributed by atoms with van der Waals surface area (Å²) in [6.45, 7) is 5.02. The highest BCUT2D eigenvalue weighted by molar-refractivity contribution is 5.95. The van der Waals surface area contributed by atoms with Gasteiger partial charge >= 0.3 is 11.7 Å². The molecule has 1 amide bonds. The highest BCUT2D eigenvalue weighted by Crippen LogP contribution is 2.04. The number of hydrogen-bond acceptors (Lipinski definition) is 5. The molecule has 0 fully saturated rings. The Morgan fingerprint density at radius 2 is 2.00 bits per heavy atom. The molecule has 8 heteroatoms. The number of aromatic nitrogens is 2. The monoisotopic (exact) mass is 283 g/mol. The van der Waals surface area contributed by atoms with Crippen molar-refractivity contribution in [2.75, 3.05) is 13.2 Å². The fourth-order valence-corrected chi connectivity index (χ4v) is 1.56. The molecule has 0 aromatic carbocycles. The Kier molecular flexibility index (Phi) is 5.24. The van der Waals surface area contributed by atoms with Gasteiger partial charge in [-0.2, -0.15) is 0 Å². The zero-order valence-electron chi connectivity index (χ0n) is 11.6. The summed E-state index contributed by atoms with van der Waals surface area (Å²) in [5.74, 6) is -1.21. The van der Waals surface area contributed by atoms with Crippen LogP contribution < -0.4 is 11.2 Å². The van der Waals surface area contributed by atoms with Crippen LogP contribution in [0.4, 0.5) is 0 Å². The Hall–Kier alpha value is -2.38. The minimum absolute atomic E-state index is 0.207. The second-order valence-electron chi connectivity index (χ2n) is 4.32. The fourth-order valence-electron chi connectivity index (χ4n) is 1.56. The number of nitrogens with zero attached hydrogens (tertiary/aromatic N) is 1. The van der Waals surface area contributed by atoms with Gasteiger partial charge in [-0.15, -0.1) is 0 Å². The molecule has 0 saturated heterocycles. The first-order chi connectivity index (χ1) is 9.36. The molecule has 1 heterocycles. The smallest absolute Gasteiger partial charge is 0.325 e. The van der Waals surface area contributed by atoms with Gasteiger partial charge in [-0.1, -0.05) is 0 Å². The summed E-state index contributed by atoms with van der Waals surface area (Å²) in [5.41, 5.74) is -1.73. The lowest BCUT2D eigenvalue weighted by Crippen LogP contribution is -2.44. The molecule has 1 aromatic rings. The number of carbonyl (C=O) groups is 2. The second-order valence-corrected chi connectivity index (χ2v) is 4.32. The lowest BCUT2D eigenvalue weighted by molar-refractivity contribution is -0.144. The van der Waals surface area contributed by atoms with Gasteiger partial charge in [0.15, 0.2) is 0 Å². The average Bonchev–Trinajstić information content (AvgIpc) is 2.35. The highest BCUT2D eigenvalue weighted by Gasteiger charge is 2.24. The summed E-state index contributed by atoms with van der Waals surface area (Å²) < 4.78 is 4.78. The molecule has 0 radical (unpaired) electrons. The van der Waals surface area contributed by atoms with Crippen LogP contribution in [0.5, 0.6) is 0 Å². The van der Waals surface area contributed by atoms with Gasteiger partial charge in [0.2, 0.25) is 0 Å². The molecule has 0 unspecified atom stereocenters. The zero-order chi connectivity index (χ0) is 15.3. The molecule has 0 aliphatic rings. The van der Waals surface area contributed by atoms with Gasteiger partial charge in [0.1, 0.15) is 12.1 Å². The Bertz CT molecular complexity index is 602. The van der Waals surface area contributed by atoms with E-state index >= 15 is 0 Å². The molecule has 0 spiro atoms. The van der Waals surface area contributed by atoms with E-state index in [1.807, 2.05) is 4.98 Å². The van der Waals surface area contributed by atoms with E-state index in [9.17, 15) is 19.2 Å². The molecular weight excluding hydrogens is 266 g/mol. The first-order valence-electron chi connectivity index (χ1n) is 6.15. The predicted octanol–water partition coefficient (Wildman–Crippen LogP) is -0.523. The minimum atomic E-state index is -0.798. The molecule has 0 bridgehead atoms. The van der Waals surface area contributed by atoms with E-state index in [1.54, 1.807) is 20.8 Å². The van der Waals surface area contributed by atoms with Gasteiger partial charge in [0.05, 0.1) is 6.61 Å². The number of aromatic amines is 2. The average molecular weight is 283 g/mol. The SMILES string of the molecule is CCOC(=O)CN(C(=O)c1c[nH]c(=O)[nH]c1=O)C(C)C. The second kappa shape index (κ2) is 6.69. The summed E-state index contributed by atoms with van der Waals surface area (Å²) in [4.78, 5) is 51.6. The quantitative estimate of drug-likeness (QED) is 0.706. The predicted molar refractivity (Wildman–Crippen MR) is 70.5 cm³/mol. The molecule has 0 aliphatic heterocycles. The maximum atomic E-state index is 12.2. The van der Waals surface area contributed by atoms with Crippen LogP contribution in [0.3, 0.4) is 0 Å². The van der Waals surface area contributed by atoms with Crippen LogP contribution in [-0.4, -0.2) is 45.9 Å². The number of ether oxygens (including phenoxy) is 1. The Morgan fingerprint density at radius 1 is 1.35 bits per heavy atom. The summed E-state index contributed by atoms with van der Waals surface area (Å²) in [6, 6.07) is -0.307. The third-order valence-electron chi connectivity index (χ3n) is 2.54. The standard InChI is InChI=1S/C12H17N3O5/c1-4-20-9(16)6-15(7(2)3)11(18)8-5-13-12(19)14-10(8)17/h5,7H,4,6H2,1-3H3,(H2,13,14,17,19). The normalized spacial score (nSPS) is 10.4. The summed E-state index contributed by atoms with van der Waals surface area (Å²) >= 11 is 0. The van der Waals surface area contributed by atoms with Crippen molar-refractivity contribution in [2.45, 2.75) is 26.8 Å². The van der Waals surface area contributed by atoms with Crippen molar-refractivity contribution in [3.05, 3.63) is 32.6 Å². The molecule has 0 saturated carbocycles. The number of carbonyl (C=O) groups excluding carboxylic acids is 2. The minimum Gasteiger partial charge on any atom is -0.465 e. The Balaban J connectivity index is 3.03. The van der Waals surface area contributed by atoms with Gasteiger partial charge in [-0.05, 0) is 20.8 Å². The van der Waals surface area contributed by atoms with Crippen molar-refractivity contribution in [2.24, 2.45) is 0 Å². The molecule has 2 N–H and O–H groups in total. The van der Waals surface area contributed by atoms with E-state index in [0.29, 0.717) is 0 Å². The van der Waals surface area contributed by atoms with E-state index in [4.69, 9.17) is 4.74 Å². The van der Waals surface area contributed by atoms with Gasteiger partial charge in [0.25, 0.3) is 11.5 Å². The number of hydrogen-bond donors (Lipinski definition) is 2. The Morgan fingerprint density at radius 3 is 2.50 bits per heavy atom. The third kappa shape index (κ3) is 3.81. The lowest BCUT2D eigenvalue weighted by atomic mass is 10.2. The van der Waals surface area contributed by atoms with E-state index in [0.717, 1.165) is 6.20 Å². The van der Waals surface area contributed by atoms with Crippen molar-refractivity contribution in [3.63, 3.8) is 0 Å². The van der Waals surface area contributed by atoms with Crippen LogP contribution in [0.1, 0.15) is 31.1 Å². The van der Waals surface area contributed by atoms with Crippen LogP contribution in [0, 0.1) is 0 Å². The molecule has 1 rings (SSSR count). The maximum absolute atomic E-state index is 12.2. The van der Waals surface area contributed by atoms with Gasteiger partial charge < -0.3 is 14.6 Å². The molecule has 20 heavy (non-hydrogen) atoms. The summed E-state index contributed by atoms with van der Waals surface area (Å²) in [7, 11) is 0. The molecule has 1 aromatic heterocycles. The number of amides is 1. The third-order valence-corrected chi connectivity index (χ3v) is 2.54.